The highest BCUT2D eigenvalue weighted by molar-refractivity contribution is 7.92. The summed E-state index contributed by atoms with van der Waals surface area (Å²) in [4.78, 5) is -0.00872. The van der Waals surface area contributed by atoms with E-state index >= 15 is 0 Å². The van der Waals surface area contributed by atoms with E-state index < -0.39 is 15.8 Å². The fourth-order valence-electron chi connectivity index (χ4n) is 2.08. The maximum absolute atomic E-state index is 13.3. The lowest BCUT2D eigenvalue weighted by molar-refractivity contribution is 0.355. The van der Waals surface area contributed by atoms with Crippen LogP contribution < -0.4 is 14.2 Å². The Hall–Kier alpha value is -2.28. The summed E-state index contributed by atoms with van der Waals surface area (Å²) in [6.45, 7) is 3.26. The zero-order valence-electron chi connectivity index (χ0n) is 13.3. The largest absolute Gasteiger partial charge is 0.493 e. The average Bonchev–Trinajstić information content (AvgIpc) is 2.51. The minimum atomic E-state index is -3.83. The molecule has 2 aromatic carbocycles. The van der Waals surface area contributed by atoms with Crippen LogP contribution in [-0.2, 0) is 10.0 Å². The molecule has 0 spiro atoms. The maximum Gasteiger partial charge on any atom is 0.261 e. The molecule has 0 saturated heterocycles. The third-order valence-electron chi connectivity index (χ3n) is 3.41. The fourth-order valence-corrected chi connectivity index (χ4v) is 3.28. The fraction of sp³-hybridized carbons (Fsp3) is 0.250. The van der Waals surface area contributed by atoms with Gasteiger partial charge in [0.05, 0.1) is 24.8 Å². The second-order valence-corrected chi connectivity index (χ2v) is 6.72. The van der Waals surface area contributed by atoms with Gasteiger partial charge in [0.15, 0.2) is 11.5 Å². The summed E-state index contributed by atoms with van der Waals surface area (Å²) in [5, 5.41) is 0. The molecule has 0 fully saturated rings. The molecule has 0 aliphatic heterocycles. The van der Waals surface area contributed by atoms with Gasteiger partial charge in [-0.15, -0.1) is 0 Å². The molecule has 7 heteroatoms. The molecule has 0 radical (unpaired) electrons. The Balaban J connectivity index is 2.42. The molecule has 0 aromatic heterocycles. The Morgan fingerprint density at radius 2 is 1.57 bits per heavy atom. The van der Waals surface area contributed by atoms with Crippen molar-refractivity contribution in [3.05, 3.63) is 47.3 Å². The quantitative estimate of drug-likeness (QED) is 0.908. The van der Waals surface area contributed by atoms with Gasteiger partial charge in [0.25, 0.3) is 10.0 Å². The summed E-state index contributed by atoms with van der Waals surface area (Å²) < 4.78 is 51.1. The molecule has 1 N–H and O–H groups in total. The third kappa shape index (κ3) is 3.56. The number of methoxy groups -OCH3 is 2. The minimum absolute atomic E-state index is 0.00872. The summed E-state index contributed by atoms with van der Waals surface area (Å²) in [6, 6.07) is 6.86. The van der Waals surface area contributed by atoms with E-state index in [2.05, 4.69) is 4.72 Å². The SMILES string of the molecule is COc1cc(C)c(NS(=O)(=O)c2ccc(F)c(C)c2)cc1OC. The van der Waals surface area contributed by atoms with Crippen molar-refractivity contribution in [2.45, 2.75) is 18.7 Å². The van der Waals surface area contributed by atoms with Crippen LogP contribution in [0.2, 0.25) is 0 Å². The maximum atomic E-state index is 13.3. The number of benzene rings is 2. The predicted octanol–water partition coefficient (Wildman–Crippen LogP) is 3.26. The standard InChI is InChI=1S/C16H18FNO4S/c1-10-7-12(5-6-13(10)17)23(19,20)18-14-9-16(22-4)15(21-3)8-11(14)2/h5-9,18H,1-4H3. The number of anilines is 1. The van der Waals surface area contributed by atoms with Crippen molar-refractivity contribution in [1.82, 2.24) is 0 Å². The first-order valence-corrected chi connectivity index (χ1v) is 8.28. The number of hydrogen-bond acceptors (Lipinski definition) is 4. The number of halogens is 1. The van der Waals surface area contributed by atoms with Crippen LogP contribution in [0.5, 0.6) is 11.5 Å². The van der Waals surface area contributed by atoms with Gasteiger partial charge < -0.3 is 9.47 Å². The van der Waals surface area contributed by atoms with Gasteiger partial charge in [0.2, 0.25) is 0 Å². The molecule has 2 rings (SSSR count). The molecule has 5 nitrogen and oxygen atoms in total. The van der Waals surface area contributed by atoms with Gasteiger partial charge in [0.1, 0.15) is 5.82 Å². The first-order chi connectivity index (χ1) is 10.8. The number of ether oxygens (including phenoxy) is 2. The lowest BCUT2D eigenvalue weighted by Crippen LogP contribution is -2.14. The van der Waals surface area contributed by atoms with Crippen LogP contribution in [0.3, 0.4) is 0 Å². The van der Waals surface area contributed by atoms with Gasteiger partial charge in [-0.2, -0.15) is 0 Å². The number of hydrogen-bond donors (Lipinski definition) is 1. The highest BCUT2D eigenvalue weighted by Crippen LogP contribution is 2.34. The molecule has 124 valence electrons. The van der Waals surface area contributed by atoms with Crippen LogP contribution in [0.15, 0.2) is 35.2 Å². The summed E-state index contributed by atoms with van der Waals surface area (Å²) in [5.41, 5.74) is 1.30. The zero-order chi connectivity index (χ0) is 17.2. The molecule has 0 aliphatic rings. The monoisotopic (exact) mass is 339 g/mol. The van der Waals surface area contributed by atoms with Crippen molar-refractivity contribution in [3.63, 3.8) is 0 Å². The number of aryl methyl sites for hydroxylation is 2. The van der Waals surface area contributed by atoms with Gasteiger partial charge in [-0.25, -0.2) is 12.8 Å². The molecule has 0 aliphatic carbocycles. The van der Waals surface area contributed by atoms with Crippen LogP contribution in [0.4, 0.5) is 10.1 Å². The van der Waals surface area contributed by atoms with Gasteiger partial charge in [0, 0.05) is 6.07 Å². The number of nitrogens with one attached hydrogen (secondary N) is 1. The van der Waals surface area contributed by atoms with E-state index in [9.17, 15) is 12.8 Å². The van der Waals surface area contributed by atoms with E-state index in [1.54, 1.807) is 19.1 Å². The summed E-state index contributed by atoms with van der Waals surface area (Å²) >= 11 is 0. The van der Waals surface area contributed by atoms with E-state index in [0.29, 0.717) is 22.7 Å². The molecule has 0 unspecified atom stereocenters. The average molecular weight is 339 g/mol. The Bertz CT molecular complexity index is 834. The zero-order valence-corrected chi connectivity index (χ0v) is 14.1. The van der Waals surface area contributed by atoms with Gasteiger partial charge in [-0.05, 0) is 49.2 Å². The summed E-state index contributed by atoms with van der Waals surface area (Å²) in [6.07, 6.45) is 0. The molecule has 2 aromatic rings. The van der Waals surface area contributed by atoms with Crippen LogP contribution >= 0.6 is 0 Å². The first-order valence-electron chi connectivity index (χ1n) is 6.80. The highest BCUT2D eigenvalue weighted by Gasteiger charge is 2.18. The van der Waals surface area contributed by atoms with Crippen molar-refractivity contribution < 1.29 is 22.3 Å². The van der Waals surface area contributed by atoms with Crippen LogP contribution in [0, 0.1) is 19.7 Å². The second-order valence-electron chi connectivity index (χ2n) is 5.04. The Labute approximate surface area is 135 Å². The molecule has 0 saturated carbocycles. The Kier molecular flexibility index (Phi) is 4.79. The predicted molar refractivity (Wildman–Crippen MR) is 86.2 cm³/mol. The smallest absolute Gasteiger partial charge is 0.261 e. The summed E-state index contributed by atoms with van der Waals surface area (Å²) in [5.74, 6) is 0.461. The first kappa shape index (κ1) is 17.1. The Morgan fingerprint density at radius 3 is 2.13 bits per heavy atom. The second kappa shape index (κ2) is 6.45. The van der Waals surface area contributed by atoms with E-state index in [0.717, 1.165) is 6.07 Å². The van der Waals surface area contributed by atoms with Gasteiger partial charge in [-0.3, -0.25) is 4.72 Å². The van der Waals surface area contributed by atoms with E-state index in [1.165, 1.54) is 33.3 Å². The molecule has 23 heavy (non-hydrogen) atoms. The molecule has 0 bridgehead atoms. The van der Waals surface area contributed by atoms with Gasteiger partial charge >= 0.3 is 0 Å². The molecule has 0 atom stereocenters. The van der Waals surface area contributed by atoms with E-state index in [1.807, 2.05) is 0 Å². The minimum Gasteiger partial charge on any atom is -0.493 e. The van der Waals surface area contributed by atoms with Crippen molar-refractivity contribution in [2.75, 3.05) is 18.9 Å². The van der Waals surface area contributed by atoms with Crippen LogP contribution in [0.25, 0.3) is 0 Å². The molecular formula is C16H18FNO4S. The third-order valence-corrected chi connectivity index (χ3v) is 4.78. The number of sulfonamides is 1. The topological polar surface area (TPSA) is 64.6 Å². The lowest BCUT2D eigenvalue weighted by Gasteiger charge is -2.15. The van der Waals surface area contributed by atoms with Crippen molar-refractivity contribution >= 4 is 15.7 Å². The number of rotatable bonds is 5. The normalized spacial score (nSPS) is 11.2. The van der Waals surface area contributed by atoms with E-state index in [4.69, 9.17) is 9.47 Å². The Morgan fingerprint density at radius 1 is 0.957 bits per heavy atom. The van der Waals surface area contributed by atoms with Crippen molar-refractivity contribution in [3.8, 4) is 11.5 Å². The molecule has 0 heterocycles. The van der Waals surface area contributed by atoms with Crippen LogP contribution in [0.1, 0.15) is 11.1 Å². The van der Waals surface area contributed by atoms with Gasteiger partial charge in [-0.1, -0.05) is 0 Å². The van der Waals surface area contributed by atoms with Crippen LogP contribution in [-0.4, -0.2) is 22.6 Å². The lowest BCUT2D eigenvalue weighted by atomic mass is 10.2. The highest BCUT2D eigenvalue weighted by atomic mass is 32.2. The summed E-state index contributed by atoms with van der Waals surface area (Å²) in [7, 11) is -0.863. The van der Waals surface area contributed by atoms with Crippen molar-refractivity contribution in [2.24, 2.45) is 0 Å². The van der Waals surface area contributed by atoms with E-state index in [-0.39, 0.29) is 10.5 Å². The van der Waals surface area contributed by atoms with Crippen molar-refractivity contribution in [1.29, 1.82) is 0 Å². The molecular weight excluding hydrogens is 321 g/mol. The molecule has 0 amide bonds.